The highest BCUT2D eigenvalue weighted by Crippen LogP contribution is 2.43. The Hall–Kier alpha value is 0.01000. The van der Waals surface area contributed by atoms with Gasteiger partial charge in [0.05, 0.1) is 4.21 Å². The molecule has 1 aliphatic rings. The van der Waals surface area contributed by atoms with Gasteiger partial charge in [-0.15, -0.1) is 23.1 Å². The van der Waals surface area contributed by atoms with Crippen LogP contribution in [0.2, 0.25) is 0 Å². The lowest BCUT2D eigenvalue weighted by Crippen LogP contribution is -2.45. The Labute approximate surface area is 120 Å². The van der Waals surface area contributed by atoms with E-state index in [2.05, 4.69) is 55.4 Å². The van der Waals surface area contributed by atoms with Gasteiger partial charge in [0.1, 0.15) is 0 Å². The van der Waals surface area contributed by atoms with Crippen LogP contribution in [0.25, 0.3) is 0 Å². The molecule has 1 nitrogen and oxygen atoms in total. The van der Waals surface area contributed by atoms with Gasteiger partial charge in [0.15, 0.2) is 0 Å². The Morgan fingerprint density at radius 3 is 3.00 bits per heavy atom. The molecule has 18 heavy (non-hydrogen) atoms. The summed E-state index contributed by atoms with van der Waals surface area (Å²) in [6.07, 6.45) is 5.25. The molecular formula is C15H25NS2. The van der Waals surface area contributed by atoms with Crippen molar-refractivity contribution in [1.29, 1.82) is 0 Å². The van der Waals surface area contributed by atoms with Crippen LogP contribution in [0.15, 0.2) is 21.7 Å². The van der Waals surface area contributed by atoms with Gasteiger partial charge in [0.25, 0.3) is 0 Å². The lowest BCUT2D eigenvalue weighted by Gasteiger charge is -2.40. The quantitative estimate of drug-likeness (QED) is 0.834. The van der Waals surface area contributed by atoms with Crippen LogP contribution in [0, 0.1) is 5.41 Å². The number of hydrogen-bond donors (Lipinski definition) is 1. The van der Waals surface area contributed by atoms with Crippen LogP contribution < -0.4 is 5.32 Å². The molecule has 1 N–H and O–H groups in total. The predicted molar refractivity (Wildman–Crippen MR) is 83.7 cm³/mol. The van der Waals surface area contributed by atoms with Crippen molar-refractivity contribution >= 4 is 23.1 Å². The van der Waals surface area contributed by atoms with Crippen LogP contribution in [-0.4, -0.2) is 17.8 Å². The van der Waals surface area contributed by atoms with E-state index in [-0.39, 0.29) is 0 Å². The third-order valence-electron chi connectivity index (χ3n) is 3.75. The molecule has 0 aliphatic heterocycles. The molecule has 0 spiro atoms. The average Bonchev–Trinajstić information content (AvgIpc) is 2.80. The minimum absolute atomic E-state index is 0.513. The maximum absolute atomic E-state index is 3.76. The summed E-state index contributed by atoms with van der Waals surface area (Å²) in [6, 6.07) is 5.12. The molecule has 2 unspecified atom stereocenters. The van der Waals surface area contributed by atoms with E-state index < -0.39 is 0 Å². The highest BCUT2D eigenvalue weighted by molar-refractivity contribution is 8.01. The summed E-state index contributed by atoms with van der Waals surface area (Å²) in [5.41, 5.74) is 0.513. The molecule has 0 amide bonds. The summed E-state index contributed by atoms with van der Waals surface area (Å²) >= 11 is 3.97. The average molecular weight is 284 g/mol. The van der Waals surface area contributed by atoms with Gasteiger partial charge < -0.3 is 5.32 Å². The van der Waals surface area contributed by atoms with E-state index in [4.69, 9.17) is 0 Å². The van der Waals surface area contributed by atoms with Crippen LogP contribution in [0.1, 0.15) is 46.5 Å². The Morgan fingerprint density at radius 1 is 1.50 bits per heavy atom. The first-order valence-corrected chi connectivity index (χ1v) is 8.80. The maximum Gasteiger partial charge on any atom is 0.0601 e. The summed E-state index contributed by atoms with van der Waals surface area (Å²) in [4.78, 5) is 0. The fraction of sp³-hybridized carbons (Fsp3) is 0.733. The largest absolute Gasteiger partial charge is 0.313 e. The minimum Gasteiger partial charge on any atom is -0.313 e. The van der Waals surface area contributed by atoms with Crippen LogP contribution in [0.5, 0.6) is 0 Å². The van der Waals surface area contributed by atoms with Crippen molar-refractivity contribution in [3.8, 4) is 0 Å². The summed E-state index contributed by atoms with van der Waals surface area (Å²) in [7, 11) is 0. The molecule has 1 aromatic rings. The second kappa shape index (κ2) is 6.44. The zero-order valence-corrected chi connectivity index (χ0v) is 13.4. The molecule has 0 bridgehead atoms. The van der Waals surface area contributed by atoms with Gasteiger partial charge in [-0.2, -0.15) is 0 Å². The van der Waals surface area contributed by atoms with Crippen LogP contribution in [0.3, 0.4) is 0 Å². The SMILES string of the molecule is CCCNC1CCC(C)(C)CC1Sc1cccs1. The lowest BCUT2D eigenvalue weighted by molar-refractivity contribution is 0.214. The van der Waals surface area contributed by atoms with Crippen molar-refractivity contribution < 1.29 is 0 Å². The first-order valence-electron chi connectivity index (χ1n) is 7.04. The van der Waals surface area contributed by atoms with Gasteiger partial charge in [-0.05, 0) is 49.1 Å². The topological polar surface area (TPSA) is 12.0 Å². The molecule has 3 heteroatoms. The monoisotopic (exact) mass is 283 g/mol. The molecule has 102 valence electrons. The second-order valence-corrected chi connectivity index (χ2v) is 8.54. The predicted octanol–water partition coefficient (Wildman–Crippen LogP) is 4.79. The normalized spacial score (nSPS) is 27.3. The molecule has 0 saturated heterocycles. The van der Waals surface area contributed by atoms with Gasteiger partial charge in [0.2, 0.25) is 0 Å². The number of nitrogens with one attached hydrogen (secondary N) is 1. The Bertz CT molecular complexity index is 345. The van der Waals surface area contributed by atoms with E-state index in [0.29, 0.717) is 11.5 Å². The number of thiophene rings is 1. The Morgan fingerprint density at radius 2 is 2.33 bits per heavy atom. The molecule has 0 aromatic carbocycles. The summed E-state index contributed by atoms with van der Waals surface area (Å²) in [5.74, 6) is 0. The molecule has 1 aliphatic carbocycles. The fourth-order valence-corrected chi connectivity index (χ4v) is 5.28. The summed E-state index contributed by atoms with van der Waals surface area (Å²) in [5, 5.41) is 6.68. The van der Waals surface area contributed by atoms with E-state index in [0.717, 1.165) is 11.8 Å². The van der Waals surface area contributed by atoms with Gasteiger partial charge in [-0.3, -0.25) is 0 Å². The second-order valence-electron chi connectivity index (χ2n) is 6.06. The van der Waals surface area contributed by atoms with Crippen molar-refractivity contribution in [3.63, 3.8) is 0 Å². The first kappa shape index (κ1) is 14.4. The van der Waals surface area contributed by atoms with Gasteiger partial charge in [-0.1, -0.05) is 26.8 Å². The zero-order chi connectivity index (χ0) is 13.0. The molecule has 2 atom stereocenters. The van der Waals surface area contributed by atoms with Gasteiger partial charge >= 0.3 is 0 Å². The van der Waals surface area contributed by atoms with E-state index in [1.807, 2.05) is 11.3 Å². The van der Waals surface area contributed by atoms with E-state index >= 15 is 0 Å². The standard InChI is InChI=1S/C15H25NS2/c1-4-9-16-12-7-8-15(2,3)11-13(12)18-14-6-5-10-17-14/h5-6,10,12-13,16H,4,7-9,11H2,1-3H3. The van der Waals surface area contributed by atoms with E-state index in [9.17, 15) is 0 Å². The van der Waals surface area contributed by atoms with Crippen LogP contribution in [-0.2, 0) is 0 Å². The third-order valence-corrected chi connectivity index (χ3v) is 6.16. The third kappa shape index (κ3) is 4.01. The molecule has 1 saturated carbocycles. The fourth-order valence-electron chi connectivity index (χ4n) is 2.69. The zero-order valence-electron chi connectivity index (χ0n) is 11.7. The van der Waals surface area contributed by atoms with Crippen molar-refractivity contribution in [2.45, 2.75) is 62.0 Å². The summed E-state index contributed by atoms with van der Waals surface area (Å²) in [6.45, 7) is 8.25. The smallest absolute Gasteiger partial charge is 0.0601 e. The molecular weight excluding hydrogens is 258 g/mol. The maximum atomic E-state index is 3.76. The number of rotatable bonds is 5. The summed E-state index contributed by atoms with van der Waals surface area (Å²) < 4.78 is 1.47. The Kier molecular flexibility index (Phi) is 5.16. The Balaban J connectivity index is 1.99. The van der Waals surface area contributed by atoms with Gasteiger partial charge in [0, 0.05) is 11.3 Å². The van der Waals surface area contributed by atoms with Crippen LogP contribution in [0.4, 0.5) is 0 Å². The van der Waals surface area contributed by atoms with E-state index in [1.165, 1.54) is 29.9 Å². The minimum atomic E-state index is 0.513. The van der Waals surface area contributed by atoms with Crippen molar-refractivity contribution in [2.24, 2.45) is 5.41 Å². The highest BCUT2D eigenvalue weighted by Gasteiger charge is 2.35. The molecule has 0 radical (unpaired) electrons. The highest BCUT2D eigenvalue weighted by atomic mass is 32.2. The van der Waals surface area contributed by atoms with E-state index in [1.54, 1.807) is 0 Å². The first-order chi connectivity index (χ1) is 8.61. The molecule has 2 rings (SSSR count). The van der Waals surface area contributed by atoms with Crippen LogP contribution >= 0.6 is 23.1 Å². The van der Waals surface area contributed by atoms with Gasteiger partial charge in [-0.25, -0.2) is 0 Å². The number of hydrogen-bond acceptors (Lipinski definition) is 3. The molecule has 1 fully saturated rings. The lowest BCUT2D eigenvalue weighted by atomic mass is 9.75. The van der Waals surface area contributed by atoms with Crippen molar-refractivity contribution in [1.82, 2.24) is 5.32 Å². The number of thioether (sulfide) groups is 1. The van der Waals surface area contributed by atoms with Crippen molar-refractivity contribution in [2.75, 3.05) is 6.54 Å². The molecule has 1 heterocycles. The molecule has 1 aromatic heterocycles. The van der Waals surface area contributed by atoms with Crippen molar-refractivity contribution in [3.05, 3.63) is 17.5 Å².